The number of aromatic nitrogens is 3. The fraction of sp³-hybridized carbons (Fsp3) is 0.529. The van der Waals surface area contributed by atoms with Crippen LogP contribution in [0, 0.1) is 34.0 Å². The highest BCUT2D eigenvalue weighted by molar-refractivity contribution is 5.44. The summed E-state index contributed by atoms with van der Waals surface area (Å²) >= 11 is 0. The molecule has 5 nitrogen and oxygen atoms in total. The zero-order chi connectivity index (χ0) is 16.3. The summed E-state index contributed by atoms with van der Waals surface area (Å²) in [6.45, 7) is 9.14. The molecular formula is C17H21N5. The molecule has 0 N–H and O–H groups in total. The third kappa shape index (κ3) is 2.55. The van der Waals surface area contributed by atoms with E-state index in [-0.39, 0.29) is 11.3 Å². The zero-order valence-corrected chi connectivity index (χ0v) is 13.6. The Balaban J connectivity index is 2.56. The van der Waals surface area contributed by atoms with Crippen LogP contribution < -0.4 is 0 Å². The smallest absolute Gasteiger partial charge is 0.137 e. The monoisotopic (exact) mass is 295 g/mol. The van der Waals surface area contributed by atoms with Crippen molar-refractivity contribution in [2.45, 2.75) is 47.1 Å². The van der Waals surface area contributed by atoms with Gasteiger partial charge in [-0.15, -0.1) is 0 Å². The van der Waals surface area contributed by atoms with Crippen molar-refractivity contribution in [3.63, 3.8) is 0 Å². The van der Waals surface area contributed by atoms with Crippen LogP contribution in [0.25, 0.3) is 0 Å². The molecule has 0 amide bonds. The van der Waals surface area contributed by atoms with Gasteiger partial charge in [-0.25, -0.2) is 4.98 Å². The molecule has 0 saturated heterocycles. The maximum atomic E-state index is 9.17. The minimum atomic E-state index is -0.238. The molecule has 0 aromatic carbocycles. The van der Waals surface area contributed by atoms with Crippen molar-refractivity contribution in [2.24, 2.45) is 11.3 Å². The summed E-state index contributed by atoms with van der Waals surface area (Å²) < 4.78 is 1.82. The van der Waals surface area contributed by atoms with Crippen LogP contribution in [0.5, 0.6) is 0 Å². The van der Waals surface area contributed by atoms with Gasteiger partial charge in [0.15, 0.2) is 0 Å². The highest BCUT2D eigenvalue weighted by atomic mass is 15.3. The molecule has 1 aromatic heterocycles. The second-order valence-electron chi connectivity index (χ2n) is 6.12. The molecule has 0 atom stereocenters. The summed E-state index contributed by atoms with van der Waals surface area (Å²) in [5, 5.41) is 22.6. The van der Waals surface area contributed by atoms with Gasteiger partial charge in [0.2, 0.25) is 0 Å². The molecule has 1 aromatic rings. The van der Waals surface area contributed by atoms with Gasteiger partial charge in [-0.2, -0.15) is 15.6 Å². The molecule has 0 saturated carbocycles. The third-order valence-electron chi connectivity index (χ3n) is 5.15. The Morgan fingerprint density at radius 1 is 1.18 bits per heavy atom. The van der Waals surface area contributed by atoms with E-state index in [1.807, 2.05) is 4.68 Å². The normalized spacial score (nSPS) is 25.1. The average Bonchev–Trinajstić information content (AvgIpc) is 2.99. The van der Waals surface area contributed by atoms with Crippen molar-refractivity contribution in [2.75, 3.05) is 0 Å². The van der Waals surface area contributed by atoms with Crippen molar-refractivity contribution in [3.8, 4) is 12.1 Å². The van der Waals surface area contributed by atoms with E-state index in [2.05, 4.69) is 49.9 Å². The van der Waals surface area contributed by atoms with E-state index in [9.17, 15) is 10.5 Å². The Hall–Kier alpha value is -2.40. The van der Waals surface area contributed by atoms with Gasteiger partial charge in [-0.05, 0) is 25.0 Å². The van der Waals surface area contributed by atoms with Crippen molar-refractivity contribution in [1.82, 2.24) is 14.8 Å². The van der Waals surface area contributed by atoms with Crippen molar-refractivity contribution in [1.29, 1.82) is 10.5 Å². The first-order valence-corrected chi connectivity index (χ1v) is 7.42. The van der Waals surface area contributed by atoms with Crippen molar-refractivity contribution >= 4 is 0 Å². The molecule has 5 heteroatoms. The van der Waals surface area contributed by atoms with Gasteiger partial charge in [-0.1, -0.05) is 25.0 Å². The largest absolute Gasteiger partial charge is 0.252 e. The fourth-order valence-corrected chi connectivity index (χ4v) is 3.47. The van der Waals surface area contributed by atoms with Crippen LogP contribution in [-0.4, -0.2) is 14.8 Å². The summed E-state index contributed by atoms with van der Waals surface area (Å²) in [5.74, 6) is 0.156. The van der Waals surface area contributed by atoms with Gasteiger partial charge in [0.05, 0.1) is 31.5 Å². The van der Waals surface area contributed by atoms with Crippen LogP contribution in [0.3, 0.4) is 0 Å². The quantitative estimate of drug-likeness (QED) is 0.797. The van der Waals surface area contributed by atoms with Crippen molar-refractivity contribution < 1.29 is 0 Å². The molecular weight excluding hydrogens is 274 g/mol. The van der Waals surface area contributed by atoms with Crippen LogP contribution in [-0.2, 0) is 6.54 Å². The van der Waals surface area contributed by atoms with E-state index in [1.54, 1.807) is 6.33 Å². The molecule has 0 spiro atoms. The van der Waals surface area contributed by atoms with Crippen LogP contribution in [0.1, 0.15) is 40.5 Å². The Morgan fingerprint density at radius 3 is 2.14 bits per heavy atom. The maximum absolute atomic E-state index is 9.17. The summed E-state index contributed by atoms with van der Waals surface area (Å²) in [5.41, 5.74) is 4.48. The first-order chi connectivity index (χ1) is 10.5. The van der Waals surface area contributed by atoms with E-state index >= 15 is 0 Å². The molecule has 1 aliphatic rings. The standard InChI is InChI=1S/C17H21N5/c1-12-15(5-7-18)13(2)17(4,9-22-11-20-10-21-22)14(3)16(12)6-8-19/h10-12H,5-6,9H2,1-4H3. The average molecular weight is 295 g/mol. The van der Waals surface area contributed by atoms with E-state index in [1.165, 1.54) is 17.5 Å². The Kier molecular flexibility index (Phi) is 4.47. The number of rotatable bonds is 4. The predicted octanol–water partition coefficient (Wildman–Crippen LogP) is 3.39. The number of nitrogens with zero attached hydrogens (tertiary/aromatic N) is 5. The minimum absolute atomic E-state index is 0.156. The highest BCUT2D eigenvalue weighted by Crippen LogP contribution is 2.49. The first kappa shape index (κ1) is 16.0. The van der Waals surface area contributed by atoms with E-state index < -0.39 is 0 Å². The lowest BCUT2D eigenvalue weighted by Gasteiger charge is -2.41. The lowest BCUT2D eigenvalue weighted by Crippen LogP contribution is -2.33. The Morgan fingerprint density at radius 2 is 1.73 bits per heavy atom. The van der Waals surface area contributed by atoms with E-state index in [0.717, 1.165) is 11.1 Å². The zero-order valence-electron chi connectivity index (χ0n) is 13.6. The molecule has 0 unspecified atom stereocenters. The van der Waals surface area contributed by atoms with Crippen molar-refractivity contribution in [3.05, 3.63) is 34.9 Å². The lowest BCUT2D eigenvalue weighted by atomic mass is 9.64. The Labute approximate surface area is 131 Å². The van der Waals surface area contributed by atoms with Gasteiger partial charge in [0.25, 0.3) is 0 Å². The fourth-order valence-electron chi connectivity index (χ4n) is 3.47. The number of hydrogen-bond donors (Lipinski definition) is 0. The van der Waals surface area contributed by atoms with Crippen LogP contribution in [0.2, 0.25) is 0 Å². The molecule has 1 aliphatic carbocycles. The second kappa shape index (κ2) is 6.15. The summed E-state index contributed by atoms with van der Waals surface area (Å²) in [6, 6.07) is 4.55. The number of nitriles is 2. The molecule has 114 valence electrons. The van der Waals surface area contributed by atoms with Gasteiger partial charge in [0.1, 0.15) is 12.7 Å². The van der Waals surface area contributed by atoms with E-state index in [0.29, 0.717) is 19.4 Å². The van der Waals surface area contributed by atoms with E-state index in [4.69, 9.17) is 0 Å². The molecule has 0 radical (unpaired) electrons. The van der Waals surface area contributed by atoms with Gasteiger partial charge in [-0.3, -0.25) is 4.68 Å². The topological polar surface area (TPSA) is 78.3 Å². The molecule has 0 bridgehead atoms. The predicted molar refractivity (Wildman–Crippen MR) is 83.2 cm³/mol. The SMILES string of the molecule is CC1=C(CC#N)C(C)C(CC#N)=C(C)C1(C)Cn1cncn1. The highest BCUT2D eigenvalue weighted by Gasteiger charge is 2.39. The lowest BCUT2D eigenvalue weighted by molar-refractivity contribution is 0.352. The minimum Gasteiger partial charge on any atom is -0.252 e. The first-order valence-electron chi connectivity index (χ1n) is 7.42. The molecule has 2 rings (SSSR count). The molecule has 0 aliphatic heterocycles. The third-order valence-corrected chi connectivity index (χ3v) is 5.15. The van der Waals surface area contributed by atoms with Gasteiger partial charge < -0.3 is 0 Å². The number of allylic oxidation sites excluding steroid dienone is 4. The maximum Gasteiger partial charge on any atom is 0.137 e. The summed E-state index contributed by atoms with van der Waals surface area (Å²) in [4.78, 5) is 4.01. The summed E-state index contributed by atoms with van der Waals surface area (Å²) in [7, 11) is 0. The molecule has 1 heterocycles. The van der Waals surface area contributed by atoms with Crippen LogP contribution in [0.15, 0.2) is 34.9 Å². The van der Waals surface area contributed by atoms with Gasteiger partial charge in [0, 0.05) is 11.3 Å². The number of hydrogen-bond acceptors (Lipinski definition) is 4. The second-order valence-corrected chi connectivity index (χ2v) is 6.12. The molecule has 0 fully saturated rings. The van der Waals surface area contributed by atoms with Gasteiger partial charge >= 0.3 is 0 Å². The Bertz CT molecular complexity index is 654. The van der Waals surface area contributed by atoms with Crippen LogP contribution >= 0.6 is 0 Å². The summed E-state index contributed by atoms with van der Waals surface area (Å²) in [6.07, 6.45) is 4.04. The van der Waals surface area contributed by atoms with Crippen LogP contribution in [0.4, 0.5) is 0 Å². The molecule has 22 heavy (non-hydrogen) atoms.